The van der Waals surface area contributed by atoms with Crippen molar-refractivity contribution in [3.63, 3.8) is 0 Å². The molecule has 0 saturated heterocycles. The maximum absolute atomic E-state index is 13.2. The van der Waals surface area contributed by atoms with Crippen LogP contribution in [-0.4, -0.2) is 38.7 Å². The first-order valence-corrected chi connectivity index (χ1v) is 14.0. The summed E-state index contributed by atoms with van der Waals surface area (Å²) in [5.41, 5.74) is 3.82. The summed E-state index contributed by atoms with van der Waals surface area (Å²) in [7, 11) is 0. The summed E-state index contributed by atoms with van der Waals surface area (Å²) in [5, 5.41) is 16.8. The van der Waals surface area contributed by atoms with Gasteiger partial charge in [0.15, 0.2) is 5.82 Å². The number of anilines is 3. The van der Waals surface area contributed by atoms with Crippen LogP contribution in [0, 0.1) is 0 Å². The van der Waals surface area contributed by atoms with Crippen LogP contribution in [0.5, 0.6) is 0 Å². The van der Waals surface area contributed by atoms with Gasteiger partial charge in [0.1, 0.15) is 5.00 Å². The molecule has 1 aliphatic rings. The molecule has 0 atom stereocenters. The molecule has 0 fully saturated rings. The van der Waals surface area contributed by atoms with Crippen molar-refractivity contribution < 1.29 is 14.4 Å². The molecule has 0 unspecified atom stereocenters. The molecule has 0 aliphatic heterocycles. The van der Waals surface area contributed by atoms with Gasteiger partial charge in [0.05, 0.1) is 11.3 Å². The number of hydrogen-bond donors (Lipinski definition) is 4. The van der Waals surface area contributed by atoms with Gasteiger partial charge in [0, 0.05) is 28.7 Å². The number of nitrogens with one attached hydrogen (secondary N) is 4. The highest BCUT2D eigenvalue weighted by molar-refractivity contribution is 7.99. The van der Waals surface area contributed by atoms with Crippen molar-refractivity contribution in [2.45, 2.75) is 37.8 Å². The van der Waals surface area contributed by atoms with E-state index in [1.807, 2.05) is 42.5 Å². The molecule has 2 heterocycles. The van der Waals surface area contributed by atoms with Crippen molar-refractivity contribution in [1.29, 1.82) is 0 Å². The van der Waals surface area contributed by atoms with E-state index in [9.17, 15) is 14.4 Å². The lowest BCUT2D eigenvalue weighted by molar-refractivity contribution is -0.114. The Bertz CT molecular complexity index is 1460. The minimum Gasteiger partial charge on any atom is -0.326 e. The number of nitrogens with zero attached hydrogens (tertiary/aromatic N) is 2. The van der Waals surface area contributed by atoms with Crippen LogP contribution in [0.25, 0.3) is 11.4 Å². The monoisotopic (exact) mass is 546 g/mol. The van der Waals surface area contributed by atoms with Crippen LogP contribution in [-0.2, 0) is 22.4 Å². The van der Waals surface area contributed by atoms with Gasteiger partial charge in [-0.2, -0.15) is 0 Å². The number of thiophene rings is 1. The first-order valence-electron chi connectivity index (χ1n) is 12.2. The van der Waals surface area contributed by atoms with Gasteiger partial charge in [-0.3, -0.25) is 19.5 Å². The SMILES string of the molecule is CC(=O)Nc1ccc(-c2nc(SCC(=O)Nc3sc4c(c3C(=O)Nc3ccccc3)CCCC4)n[nH]2)cc1. The molecule has 38 heavy (non-hydrogen) atoms. The average Bonchev–Trinajstić information content (AvgIpc) is 3.53. The molecule has 0 radical (unpaired) electrons. The fraction of sp³-hybridized carbons (Fsp3) is 0.222. The third-order valence-corrected chi connectivity index (χ3v) is 8.01. The number of hydrogen-bond acceptors (Lipinski definition) is 7. The second-order valence-corrected chi connectivity index (χ2v) is 10.8. The van der Waals surface area contributed by atoms with Crippen LogP contribution in [0.4, 0.5) is 16.4 Å². The maximum atomic E-state index is 13.2. The number of amides is 3. The number of aromatic amines is 1. The molecule has 4 N–H and O–H groups in total. The molecule has 5 rings (SSSR count). The Balaban J connectivity index is 1.24. The first-order chi connectivity index (χ1) is 18.5. The number of para-hydroxylation sites is 1. The zero-order chi connectivity index (χ0) is 26.5. The lowest BCUT2D eigenvalue weighted by atomic mass is 9.95. The Kier molecular flexibility index (Phi) is 7.85. The van der Waals surface area contributed by atoms with E-state index in [0.29, 0.717) is 32.9 Å². The molecule has 1 aliphatic carbocycles. The Hall–Kier alpha value is -3.96. The highest BCUT2D eigenvalue weighted by atomic mass is 32.2. The van der Waals surface area contributed by atoms with E-state index >= 15 is 0 Å². The topological polar surface area (TPSA) is 129 Å². The van der Waals surface area contributed by atoms with E-state index in [-0.39, 0.29) is 23.5 Å². The summed E-state index contributed by atoms with van der Waals surface area (Å²) in [4.78, 5) is 42.9. The maximum Gasteiger partial charge on any atom is 0.258 e. The van der Waals surface area contributed by atoms with Gasteiger partial charge in [-0.15, -0.1) is 16.4 Å². The van der Waals surface area contributed by atoms with Gasteiger partial charge in [-0.25, -0.2) is 4.98 Å². The van der Waals surface area contributed by atoms with Gasteiger partial charge in [-0.1, -0.05) is 30.0 Å². The quantitative estimate of drug-likeness (QED) is 0.221. The van der Waals surface area contributed by atoms with Crippen LogP contribution in [0.2, 0.25) is 0 Å². The van der Waals surface area contributed by atoms with E-state index in [1.54, 1.807) is 12.1 Å². The predicted octanol–water partition coefficient (Wildman–Crippen LogP) is 5.35. The molecule has 0 bridgehead atoms. The van der Waals surface area contributed by atoms with Crippen LogP contribution in [0.3, 0.4) is 0 Å². The summed E-state index contributed by atoms with van der Waals surface area (Å²) in [6, 6.07) is 16.5. The molecule has 0 saturated carbocycles. The zero-order valence-corrected chi connectivity index (χ0v) is 22.3. The van der Waals surface area contributed by atoms with Crippen LogP contribution in [0.15, 0.2) is 59.8 Å². The predicted molar refractivity (Wildman–Crippen MR) is 151 cm³/mol. The molecule has 3 amide bonds. The van der Waals surface area contributed by atoms with Crippen molar-refractivity contribution in [3.05, 3.63) is 70.6 Å². The van der Waals surface area contributed by atoms with Crippen LogP contribution >= 0.6 is 23.1 Å². The van der Waals surface area contributed by atoms with Gasteiger partial charge >= 0.3 is 0 Å². The normalized spacial score (nSPS) is 12.4. The van der Waals surface area contributed by atoms with Crippen molar-refractivity contribution in [3.8, 4) is 11.4 Å². The highest BCUT2D eigenvalue weighted by Crippen LogP contribution is 2.38. The molecule has 2 aromatic carbocycles. The molecular formula is C27H26N6O3S2. The average molecular weight is 547 g/mol. The Labute approximate surface area is 227 Å². The second-order valence-electron chi connectivity index (χ2n) is 8.80. The Morgan fingerprint density at radius 1 is 0.947 bits per heavy atom. The summed E-state index contributed by atoms with van der Waals surface area (Å²) < 4.78 is 0. The molecule has 0 spiro atoms. The molecule has 2 aromatic heterocycles. The van der Waals surface area contributed by atoms with Crippen molar-refractivity contribution in [2.75, 3.05) is 21.7 Å². The largest absolute Gasteiger partial charge is 0.326 e. The van der Waals surface area contributed by atoms with E-state index in [0.717, 1.165) is 36.8 Å². The second kappa shape index (κ2) is 11.6. The highest BCUT2D eigenvalue weighted by Gasteiger charge is 2.26. The number of aromatic nitrogens is 3. The molecule has 11 heteroatoms. The van der Waals surface area contributed by atoms with Gasteiger partial charge in [-0.05, 0) is 67.6 Å². The van der Waals surface area contributed by atoms with E-state index in [2.05, 4.69) is 31.1 Å². The lowest BCUT2D eigenvalue weighted by Crippen LogP contribution is -2.19. The minimum absolute atomic E-state index is 0.0983. The lowest BCUT2D eigenvalue weighted by Gasteiger charge is -2.13. The fourth-order valence-electron chi connectivity index (χ4n) is 4.26. The molecular weight excluding hydrogens is 520 g/mol. The van der Waals surface area contributed by atoms with E-state index in [1.165, 1.54) is 34.9 Å². The van der Waals surface area contributed by atoms with Crippen molar-refractivity contribution in [1.82, 2.24) is 15.2 Å². The summed E-state index contributed by atoms with van der Waals surface area (Å²) in [6.07, 6.45) is 3.86. The number of rotatable bonds is 8. The number of carbonyl (C=O) groups is 3. The standard InChI is InChI=1S/C27H26N6O3S2/c1-16(34)28-19-13-11-17(12-14-19)24-31-27(33-32-24)37-15-22(35)30-26-23(20-9-5-6-10-21(20)38-26)25(36)29-18-7-3-2-4-8-18/h2-4,7-8,11-14H,5-6,9-10,15H2,1H3,(H,28,34)(H,29,36)(H,30,35)(H,31,32,33). The van der Waals surface area contributed by atoms with Crippen molar-refractivity contribution in [2.24, 2.45) is 0 Å². The summed E-state index contributed by atoms with van der Waals surface area (Å²) in [5.74, 6) is 0.0883. The Morgan fingerprint density at radius 3 is 2.45 bits per heavy atom. The zero-order valence-electron chi connectivity index (χ0n) is 20.7. The van der Waals surface area contributed by atoms with Gasteiger partial charge in [0.25, 0.3) is 5.91 Å². The fourth-order valence-corrected chi connectivity index (χ4v) is 6.16. The van der Waals surface area contributed by atoms with Crippen LogP contribution in [0.1, 0.15) is 40.6 Å². The number of benzene rings is 2. The smallest absolute Gasteiger partial charge is 0.258 e. The molecule has 9 nitrogen and oxygen atoms in total. The number of H-pyrrole nitrogens is 1. The molecule has 194 valence electrons. The van der Waals surface area contributed by atoms with E-state index < -0.39 is 0 Å². The van der Waals surface area contributed by atoms with Crippen molar-refractivity contribution >= 4 is 57.2 Å². The number of aryl methyl sites for hydroxylation is 1. The third kappa shape index (κ3) is 6.12. The van der Waals surface area contributed by atoms with Gasteiger partial charge in [0.2, 0.25) is 17.0 Å². The molecule has 4 aromatic rings. The van der Waals surface area contributed by atoms with Crippen LogP contribution < -0.4 is 16.0 Å². The number of carbonyl (C=O) groups excluding carboxylic acids is 3. The minimum atomic E-state index is -0.228. The van der Waals surface area contributed by atoms with E-state index in [4.69, 9.17) is 0 Å². The first kappa shape index (κ1) is 25.7. The number of thioether (sulfide) groups is 1. The summed E-state index contributed by atoms with van der Waals surface area (Å²) >= 11 is 2.70. The Morgan fingerprint density at radius 2 is 1.68 bits per heavy atom. The third-order valence-electron chi connectivity index (χ3n) is 5.96. The van der Waals surface area contributed by atoms with Gasteiger partial charge < -0.3 is 16.0 Å². The summed E-state index contributed by atoms with van der Waals surface area (Å²) in [6.45, 7) is 1.46. The number of fused-ring (bicyclic) bond motifs is 1.